The first kappa shape index (κ1) is 15.2. The lowest BCUT2D eigenvalue weighted by atomic mass is 9.93. The number of nitrogens with one attached hydrogen (secondary N) is 1. The smallest absolute Gasteiger partial charge is 0.341 e. The van der Waals surface area contributed by atoms with Crippen LogP contribution in [0, 0.1) is 0 Å². The van der Waals surface area contributed by atoms with E-state index in [4.69, 9.17) is 0 Å². The number of hydrogen-bond donors (Lipinski definition) is 2. The average Bonchev–Trinajstić information content (AvgIpc) is 2.42. The maximum absolute atomic E-state index is 12.4. The first-order chi connectivity index (χ1) is 9.39. The van der Waals surface area contributed by atoms with E-state index in [1.807, 2.05) is 0 Å². The van der Waals surface area contributed by atoms with E-state index in [-0.39, 0.29) is 17.0 Å². The first-order valence-corrected chi connectivity index (χ1v) is 8.01. The second-order valence-corrected chi connectivity index (χ2v) is 6.90. The van der Waals surface area contributed by atoms with Crippen molar-refractivity contribution < 1.29 is 22.3 Å². The first-order valence-electron chi connectivity index (χ1n) is 6.46. The zero-order valence-corrected chi connectivity index (χ0v) is 11.6. The van der Waals surface area contributed by atoms with Gasteiger partial charge in [-0.2, -0.15) is 8.78 Å². The number of aliphatic hydroxyl groups is 1. The fraction of sp³-hybridized carbons (Fsp3) is 0.538. The molecule has 1 saturated carbocycles. The van der Waals surface area contributed by atoms with Crippen molar-refractivity contribution in [2.75, 3.05) is 5.32 Å². The molecule has 7 heteroatoms. The summed E-state index contributed by atoms with van der Waals surface area (Å²) in [6, 6.07) is 5.56. The van der Waals surface area contributed by atoms with Gasteiger partial charge in [-0.1, -0.05) is 0 Å². The van der Waals surface area contributed by atoms with Gasteiger partial charge < -0.3 is 10.4 Å². The van der Waals surface area contributed by atoms with Crippen LogP contribution in [0.15, 0.2) is 29.2 Å². The van der Waals surface area contributed by atoms with Crippen molar-refractivity contribution in [1.82, 2.24) is 0 Å². The Morgan fingerprint density at radius 3 is 2.15 bits per heavy atom. The minimum Gasteiger partial charge on any atom is -0.393 e. The van der Waals surface area contributed by atoms with Crippen LogP contribution in [0.1, 0.15) is 25.7 Å². The van der Waals surface area contributed by atoms with Crippen LogP contribution >= 0.6 is 0 Å². The molecule has 0 unspecified atom stereocenters. The third-order valence-corrected chi connectivity index (χ3v) is 4.88. The van der Waals surface area contributed by atoms with E-state index in [1.54, 1.807) is 0 Å². The van der Waals surface area contributed by atoms with Crippen LogP contribution in [-0.2, 0) is 9.84 Å². The van der Waals surface area contributed by atoms with Crippen LogP contribution in [0.25, 0.3) is 0 Å². The quantitative estimate of drug-likeness (QED) is 0.896. The van der Waals surface area contributed by atoms with E-state index in [1.165, 1.54) is 24.3 Å². The number of alkyl halides is 2. The Bertz CT molecular complexity index is 537. The van der Waals surface area contributed by atoms with Crippen LogP contribution in [0.3, 0.4) is 0 Å². The summed E-state index contributed by atoms with van der Waals surface area (Å²) in [5.41, 5.74) is 0.694. The number of halogens is 2. The molecule has 0 bridgehead atoms. The number of sulfone groups is 1. The standard InChI is InChI=1S/C13H17F2NO3S/c14-13(15)20(18,19)12-7-3-10(4-8-12)16-9-1-5-11(17)6-2-9/h3-4,7-9,11,13,16-17H,1-2,5-6H2. The molecule has 0 aliphatic heterocycles. The molecule has 0 spiro atoms. The Kier molecular flexibility index (Phi) is 4.59. The highest BCUT2D eigenvalue weighted by Crippen LogP contribution is 2.24. The summed E-state index contributed by atoms with van der Waals surface area (Å²) in [5, 5.41) is 12.6. The Labute approximate surface area is 116 Å². The topological polar surface area (TPSA) is 66.4 Å². The maximum Gasteiger partial charge on any atom is 0.341 e. The molecule has 2 N–H and O–H groups in total. The lowest BCUT2D eigenvalue weighted by molar-refractivity contribution is 0.126. The Morgan fingerprint density at radius 2 is 1.65 bits per heavy atom. The monoisotopic (exact) mass is 305 g/mol. The molecule has 112 valence electrons. The van der Waals surface area contributed by atoms with Gasteiger partial charge in [0.15, 0.2) is 0 Å². The highest BCUT2D eigenvalue weighted by molar-refractivity contribution is 7.91. The minimum absolute atomic E-state index is 0.218. The molecular weight excluding hydrogens is 288 g/mol. The van der Waals surface area contributed by atoms with Gasteiger partial charge in [0.25, 0.3) is 0 Å². The van der Waals surface area contributed by atoms with Crippen molar-refractivity contribution in [2.24, 2.45) is 0 Å². The van der Waals surface area contributed by atoms with Crippen molar-refractivity contribution in [2.45, 2.75) is 48.5 Å². The van der Waals surface area contributed by atoms with Gasteiger partial charge in [0.2, 0.25) is 9.84 Å². The third-order valence-electron chi connectivity index (χ3n) is 3.48. The predicted molar refractivity (Wildman–Crippen MR) is 71.5 cm³/mol. The molecule has 1 aliphatic carbocycles. The Balaban J connectivity index is 2.02. The number of anilines is 1. The van der Waals surface area contributed by atoms with Gasteiger partial charge in [-0.05, 0) is 49.9 Å². The molecule has 20 heavy (non-hydrogen) atoms. The number of aliphatic hydroxyl groups excluding tert-OH is 1. The van der Waals surface area contributed by atoms with Crippen molar-refractivity contribution >= 4 is 15.5 Å². The SMILES string of the molecule is O=S(=O)(c1ccc(NC2CCC(O)CC2)cc1)C(F)F. The van der Waals surface area contributed by atoms with E-state index in [0.717, 1.165) is 25.7 Å². The van der Waals surface area contributed by atoms with Gasteiger partial charge >= 0.3 is 5.76 Å². The molecule has 0 amide bonds. The summed E-state index contributed by atoms with van der Waals surface area (Å²) in [6.07, 6.45) is 2.88. The highest BCUT2D eigenvalue weighted by atomic mass is 32.2. The highest BCUT2D eigenvalue weighted by Gasteiger charge is 2.26. The molecule has 0 saturated heterocycles. The van der Waals surface area contributed by atoms with E-state index in [0.29, 0.717) is 5.69 Å². The molecule has 0 radical (unpaired) electrons. The molecule has 0 heterocycles. The number of rotatable bonds is 4. The fourth-order valence-corrected chi connectivity index (χ4v) is 3.02. The van der Waals surface area contributed by atoms with Gasteiger partial charge in [-0.25, -0.2) is 8.42 Å². The molecule has 1 aromatic rings. The zero-order valence-electron chi connectivity index (χ0n) is 10.8. The molecule has 1 aliphatic rings. The summed E-state index contributed by atoms with van der Waals surface area (Å²) >= 11 is 0. The molecule has 4 nitrogen and oxygen atoms in total. The number of hydrogen-bond acceptors (Lipinski definition) is 4. The molecule has 0 aromatic heterocycles. The second-order valence-electron chi connectivity index (χ2n) is 4.98. The molecule has 0 atom stereocenters. The van der Waals surface area contributed by atoms with Crippen LogP contribution in [0.4, 0.5) is 14.5 Å². The Hall–Kier alpha value is -1.21. The van der Waals surface area contributed by atoms with E-state index in [9.17, 15) is 22.3 Å². The second kappa shape index (κ2) is 6.05. The summed E-state index contributed by atoms with van der Waals surface area (Å²) in [5.74, 6) is -3.40. The van der Waals surface area contributed by atoms with Crippen LogP contribution in [0.5, 0.6) is 0 Å². The van der Waals surface area contributed by atoms with E-state index in [2.05, 4.69) is 5.32 Å². The minimum atomic E-state index is -4.53. The van der Waals surface area contributed by atoms with Gasteiger partial charge in [0.1, 0.15) is 0 Å². The summed E-state index contributed by atoms with van der Waals surface area (Å²) in [6.45, 7) is 0. The van der Waals surface area contributed by atoms with Gasteiger partial charge in [-0.3, -0.25) is 0 Å². The Morgan fingerprint density at radius 1 is 1.10 bits per heavy atom. The van der Waals surface area contributed by atoms with Crippen molar-refractivity contribution in [3.05, 3.63) is 24.3 Å². The molecule has 1 fully saturated rings. The zero-order chi connectivity index (χ0) is 14.8. The van der Waals surface area contributed by atoms with Gasteiger partial charge in [0, 0.05) is 11.7 Å². The van der Waals surface area contributed by atoms with Gasteiger partial charge in [0.05, 0.1) is 11.0 Å². The molecular formula is C13H17F2NO3S. The van der Waals surface area contributed by atoms with E-state index >= 15 is 0 Å². The fourth-order valence-electron chi connectivity index (χ4n) is 2.30. The van der Waals surface area contributed by atoms with Crippen LogP contribution < -0.4 is 5.32 Å². The summed E-state index contributed by atoms with van der Waals surface area (Å²) < 4.78 is 47.3. The van der Waals surface area contributed by atoms with Crippen molar-refractivity contribution in [1.29, 1.82) is 0 Å². The lowest BCUT2D eigenvalue weighted by Crippen LogP contribution is -2.28. The van der Waals surface area contributed by atoms with Crippen LogP contribution in [-0.4, -0.2) is 31.4 Å². The van der Waals surface area contributed by atoms with Crippen LogP contribution in [0.2, 0.25) is 0 Å². The van der Waals surface area contributed by atoms with Gasteiger partial charge in [-0.15, -0.1) is 0 Å². The van der Waals surface area contributed by atoms with E-state index < -0.39 is 15.6 Å². The number of benzene rings is 1. The summed E-state index contributed by atoms with van der Waals surface area (Å²) in [4.78, 5) is -0.378. The maximum atomic E-state index is 12.4. The van der Waals surface area contributed by atoms with Crippen molar-refractivity contribution in [3.8, 4) is 0 Å². The molecule has 2 rings (SSSR count). The summed E-state index contributed by atoms with van der Waals surface area (Å²) in [7, 11) is -4.53. The normalized spacial score (nSPS) is 23.8. The molecule has 1 aromatic carbocycles. The van der Waals surface area contributed by atoms with Crippen molar-refractivity contribution in [3.63, 3.8) is 0 Å². The largest absolute Gasteiger partial charge is 0.393 e. The third kappa shape index (κ3) is 3.46. The predicted octanol–water partition coefficient (Wildman–Crippen LogP) is 2.40. The average molecular weight is 305 g/mol. The lowest BCUT2D eigenvalue weighted by Gasteiger charge is -2.27.